The van der Waals surface area contributed by atoms with E-state index in [2.05, 4.69) is 20.3 Å². The predicted octanol–water partition coefficient (Wildman–Crippen LogP) is 0.935. The second-order valence-corrected chi connectivity index (χ2v) is 10.0. The Morgan fingerprint density at radius 2 is 1.94 bits per heavy atom. The number of hydrogen-bond donors (Lipinski definition) is 4. The Morgan fingerprint density at radius 3 is 2.65 bits per heavy atom. The Balaban J connectivity index is 1.59. The number of aromatic nitrogens is 5. The molecule has 4 N–H and O–H groups in total. The largest absolute Gasteiger partial charge is 0.387 e. The standard InChI is InChI=1S/C18H21Cl2N6O7P/c1-25(6-9-4-2-3-5-10(9)19)15-12-16(22-18(20)21-15)26(24-23-12)17-14(28)13(27)11(33-17)7-32-8-34(29,30)31/h2-5,11,13-14,17,27-28H,6-8H2,1H3,(H2,29,30,31)/t11-,13-,14-,17-/m1/s1. The van der Waals surface area contributed by atoms with E-state index in [0.717, 1.165) is 10.2 Å². The SMILES string of the molecule is CN(Cc1ccccc1Cl)c1nc(Cl)nc2c1nnn2[C@@H]1O[C@H](COCP(=O)(O)O)[C@@H](O)[C@H]1O. The van der Waals surface area contributed by atoms with Crippen LogP contribution in [0.2, 0.25) is 10.3 Å². The molecular formula is C18H21Cl2N6O7P. The number of nitrogens with zero attached hydrogens (tertiary/aromatic N) is 6. The zero-order chi connectivity index (χ0) is 24.6. The maximum Gasteiger partial charge on any atom is 0.350 e. The maximum absolute atomic E-state index is 11.0. The molecule has 0 saturated carbocycles. The number of fused-ring (bicyclic) bond motifs is 1. The second-order valence-electron chi connectivity index (χ2n) is 7.68. The molecule has 184 valence electrons. The molecule has 4 atom stereocenters. The van der Waals surface area contributed by atoms with Crippen molar-refractivity contribution < 1.29 is 34.0 Å². The highest BCUT2D eigenvalue weighted by Crippen LogP contribution is 2.36. The Bertz CT molecular complexity index is 1230. The summed E-state index contributed by atoms with van der Waals surface area (Å²) in [5, 5.41) is 29.5. The summed E-state index contributed by atoms with van der Waals surface area (Å²) in [6.07, 6.45) is -6.01. The number of ether oxygens (including phenoxy) is 2. The van der Waals surface area contributed by atoms with Crippen LogP contribution < -0.4 is 4.90 Å². The van der Waals surface area contributed by atoms with E-state index in [1.54, 1.807) is 18.0 Å². The average molecular weight is 535 g/mol. The Morgan fingerprint density at radius 1 is 1.21 bits per heavy atom. The molecule has 0 unspecified atom stereocenters. The Kier molecular flexibility index (Phi) is 7.38. The fraction of sp³-hybridized carbons (Fsp3) is 0.444. The summed E-state index contributed by atoms with van der Waals surface area (Å²) in [5.74, 6) is 0.357. The van der Waals surface area contributed by atoms with Gasteiger partial charge in [0, 0.05) is 18.6 Å². The van der Waals surface area contributed by atoms with Crippen molar-refractivity contribution in [2.45, 2.75) is 31.1 Å². The smallest absolute Gasteiger partial charge is 0.350 e. The van der Waals surface area contributed by atoms with Crippen LogP contribution in [0, 0.1) is 0 Å². The van der Waals surface area contributed by atoms with Crippen molar-refractivity contribution in [2.24, 2.45) is 0 Å². The highest BCUT2D eigenvalue weighted by molar-refractivity contribution is 7.51. The number of anilines is 1. The third kappa shape index (κ3) is 5.33. The third-order valence-corrected chi connectivity index (χ3v) is 6.18. The van der Waals surface area contributed by atoms with Crippen molar-refractivity contribution >= 4 is 47.8 Å². The van der Waals surface area contributed by atoms with Gasteiger partial charge in [-0.2, -0.15) is 14.6 Å². The fourth-order valence-corrected chi connectivity index (χ4v) is 4.24. The third-order valence-electron chi connectivity index (χ3n) is 5.12. The number of aliphatic hydroxyl groups is 2. The molecule has 13 nitrogen and oxygen atoms in total. The summed E-state index contributed by atoms with van der Waals surface area (Å²) in [4.78, 5) is 28.0. The summed E-state index contributed by atoms with van der Waals surface area (Å²) < 4.78 is 22.7. The summed E-state index contributed by atoms with van der Waals surface area (Å²) in [6, 6.07) is 7.32. The molecule has 0 spiro atoms. The van der Waals surface area contributed by atoms with Crippen LogP contribution in [0.3, 0.4) is 0 Å². The van der Waals surface area contributed by atoms with E-state index in [1.807, 2.05) is 18.2 Å². The topological polar surface area (TPSA) is 176 Å². The minimum atomic E-state index is -4.40. The van der Waals surface area contributed by atoms with E-state index in [4.69, 9.17) is 42.5 Å². The molecule has 1 fully saturated rings. The van der Waals surface area contributed by atoms with Crippen molar-refractivity contribution in [1.29, 1.82) is 0 Å². The lowest BCUT2D eigenvalue weighted by atomic mass is 10.1. The lowest BCUT2D eigenvalue weighted by Crippen LogP contribution is -2.34. The van der Waals surface area contributed by atoms with Gasteiger partial charge in [-0.3, -0.25) is 4.57 Å². The molecule has 0 aliphatic carbocycles. The van der Waals surface area contributed by atoms with Crippen LogP contribution in [-0.4, -0.2) is 83.3 Å². The van der Waals surface area contributed by atoms with Gasteiger partial charge in [-0.25, -0.2) is 0 Å². The lowest BCUT2D eigenvalue weighted by Gasteiger charge is -2.19. The molecule has 0 radical (unpaired) electrons. The summed E-state index contributed by atoms with van der Waals surface area (Å²) in [7, 11) is -2.63. The van der Waals surface area contributed by atoms with Crippen LogP contribution >= 0.6 is 30.8 Å². The zero-order valence-electron chi connectivity index (χ0n) is 17.6. The minimum absolute atomic E-state index is 0.105. The van der Waals surface area contributed by atoms with Crippen molar-refractivity contribution in [3.05, 3.63) is 40.1 Å². The van der Waals surface area contributed by atoms with Gasteiger partial charge in [0.05, 0.1) is 6.61 Å². The first-order valence-corrected chi connectivity index (χ1v) is 12.5. The van der Waals surface area contributed by atoms with Gasteiger partial charge in [0.25, 0.3) is 0 Å². The van der Waals surface area contributed by atoms with E-state index in [0.29, 0.717) is 17.4 Å². The quantitative estimate of drug-likeness (QED) is 0.238. The van der Waals surface area contributed by atoms with E-state index in [1.165, 1.54) is 0 Å². The van der Waals surface area contributed by atoms with E-state index in [9.17, 15) is 14.8 Å². The average Bonchev–Trinajstić information content (AvgIpc) is 3.30. The normalized spacial score (nSPS) is 23.0. The van der Waals surface area contributed by atoms with E-state index in [-0.39, 0.29) is 23.1 Å². The maximum atomic E-state index is 11.0. The highest BCUT2D eigenvalue weighted by atomic mass is 35.5. The van der Waals surface area contributed by atoms with Crippen LogP contribution in [0.1, 0.15) is 11.8 Å². The molecule has 34 heavy (non-hydrogen) atoms. The zero-order valence-corrected chi connectivity index (χ0v) is 20.0. The first kappa shape index (κ1) is 25.2. The van der Waals surface area contributed by atoms with Crippen molar-refractivity contribution in [3.8, 4) is 0 Å². The number of halogens is 2. The summed E-state index contributed by atoms with van der Waals surface area (Å²) >= 11 is 12.4. The minimum Gasteiger partial charge on any atom is -0.387 e. The highest BCUT2D eigenvalue weighted by Gasteiger charge is 2.45. The molecule has 0 amide bonds. The molecule has 1 aliphatic rings. The second kappa shape index (κ2) is 9.97. The summed E-state index contributed by atoms with van der Waals surface area (Å²) in [5.41, 5.74) is 1.26. The molecular weight excluding hydrogens is 514 g/mol. The first-order valence-electron chi connectivity index (χ1n) is 9.92. The molecule has 1 saturated heterocycles. The van der Waals surface area contributed by atoms with Crippen molar-refractivity contribution in [3.63, 3.8) is 0 Å². The van der Waals surface area contributed by atoms with Gasteiger partial charge in [-0.1, -0.05) is 35.0 Å². The van der Waals surface area contributed by atoms with E-state index >= 15 is 0 Å². The molecule has 1 aliphatic heterocycles. The lowest BCUT2D eigenvalue weighted by molar-refractivity contribution is -0.0665. The van der Waals surface area contributed by atoms with E-state index < -0.39 is 38.5 Å². The Labute approximate surface area is 203 Å². The van der Waals surface area contributed by atoms with Crippen LogP contribution in [0.25, 0.3) is 11.2 Å². The van der Waals surface area contributed by atoms with Gasteiger partial charge < -0.3 is 34.4 Å². The molecule has 3 aromatic rings. The van der Waals surface area contributed by atoms with Crippen LogP contribution in [-0.2, 0) is 20.6 Å². The molecule has 16 heteroatoms. The van der Waals surface area contributed by atoms with Gasteiger partial charge in [-0.05, 0) is 23.2 Å². The Hall–Kier alpha value is -1.93. The number of aliphatic hydroxyl groups excluding tert-OH is 2. The molecule has 1 aromatic carbocycles. The van der Waals surface area contributed by atoms with Crippen molar-refractivity contribution in [1.82, 2.24) is 25.0 Å². The van der Waals surface area contributed by atoms with Gasteiger partial charge in [-0.15, -0.1) is 5.10 Å². The fourth-order valence-electron chi connectivity index (χ4n) is 3.54. The number of rotatable bonds is 8. The molecule has 0 bridgehead atoms. The molecule has 2 aromatic heterocycles. The van der Waals surface area contributed by atoms with Gasteiger partial charge in [0.1, 0.15) is 24.7 Å². The predicted molar refractivity (Wildman–Crippen MR) is 120 cm³/mol. The van der Waals surface area contributed by atoms with Gasteiger partial charge >= 0.3 is 7.60 Å². The summed E-state index contributed by atoms with van der Waals surface area (Å²) in [6.45, 7) is 0.0171. The molecule has 3 heterocycles. The first-order chi connectivity index (χ1) is 16.0. The van der Waals surface area contributed by atoms with Crippen LogP contribution in [0.5, 0.6) is 0 Å². The number of hydrogen-bond acceptors (Lipinski definition) is 10. The van der Waals surface area contributed by atoms with Gasteiger partial charge in [0.2, 0.25) is 5.28 Å². The van der Waals surface area contributed by atoms with Gasteiger partial charge in [0.15, 0.2) is 23.2 Å². The van der Waals surface area contributed by atoms with Crippen LogP contribution in [0.15, 0.2) is 24.3 Å². The molecule has 4 rings (SSSR count). The number of benzene rings is 1. The van der Waals surface area contributed by atoms with Crippen LogP contribution in [0.4, 0.5) is 5.82 Å². The van der Waals surface area contributed by atoms with Crippen molar-refractivity contribution in [2.75, 3.05) is 24.9 Å². The monoisotopic (exact) mass is 534 g/mol.